The standard InChI is InChI=1S/C12H16ClFN2/c1-8-5-10(7-16(8)2)15-12-4-3-9(13)6-11(12)14/h3-4,6,8,10,15H,5,7H2,1-2H3. The normalized spacial score (nSPS) is 26.0. The maximum atomic E-state index is 13.5. The predicted octanol–water partition coefficient (Wildman–Crippen LogP) is 2.98. The molecule has 2 unspecified atom stereocenters. The number of benzene rings is 1. The third kappa shape index (κ3) is 2.47. The van der Waals surface area contributed by atoms with Gasteiger partial charge in [0.05, 0.1) is 5.69 Å². The molecule has 1 aromatic rings. The van der Waals surface area contributed by atoms with Crippen LogP contribution in [0.5, 0.6) is 0 Å². The summed E-state index contributed by atoms with van der Waals surface area (Å²) in [5.41, 5.74) is 0.539. The van der Waals surface area contributed by atoms with Crippen molar-refractivity contribution < 1.29 is 4.39 Å². The molecule has 1 aliphatic heterocycles. The van der Waals surface area contributed by atoms with Crippen molar-refractivity contribution in [2.75, 3.05) is 18.9 Å². The highest BCUT2D eigenvalue weighted by Gasteiger charge is 2.26. The Balaban J connectivity index is 2.05. The smallest absolute Gasteiger partial charge is 0.147 e. The molecule has 16 heavy (non-hydrogen) atoms. The zero-order valence-corrected chi connectivity index (χ0v) is 10.3. The first-order valence-electron chi connectivity index (χ1n) is 5.48. The zero-order chi connectivity index (χ0) is 11.7. The lowest BCUT2D eigenvalue weighted by Gasteiger charge is -2.15. The molecule has 1 aliphatic rings. The average Bonchev–Trinajstić information content (AvgIpc) is 2.51. The zero-order valence-electron chi connectivity index (χ0n) is 9.50. The molecule has 0 saturated carbocycles. The minimum atomic E-state index is -0.283. The van der Waals surface area contributed by atoms with Gasteiger partial charge in [0.2, 0.25) is 0 Å². The van der Waals surface area contributed by atoms with E-state index in [1.165, 1.54) is 6.07 Å². The molecular weight excluding hydrogens is 227 g/mol. The quantitative estimate of drug-likeness (QED) is 0.858. The maximum absolute atomic E-state index is 13.5. The van der Waals surface area contributed by atoms with E-state index >= 15 is 0 Å². The van der Waals surface area contributed by atoms with E-state index < -0.39 is 0 Å². The minimum absolute atomic E-state index is 0.283. The summed E-state index contributed by atoms with van der Waals surface area (Å²) in [6.07, 6.45) is 1.04. The Hall–Kier alpha value is -0.800. The van der Waals surface area contributed by atoms with Crippen molar-refractivity contribution in [1.82, 2.24) is 4.90 Å². The predicted molar refractivity (Wildman–Crippen MR) is 65.5 cm³/mol. The molecule has 1 heterocycles. The number of rotatable bonds is 2. The third-order valence-corrected chi connectivity index (χ3v) is 3.41. The topological polar surface area (TPSA) is 15.3 Å². The Bertz CT molecular complexity index is 373. The fourth-order valence-corrected chi connectivity index (χ4v) is 2.28. The highest BCUT2D eigenvalue weighted by molar-refractivity contribution is 6.30. The summed E-state index contributed by atoms with van der Waals surface area (Å²) in [7, 11) is 2.09. The highest BCUT2D eigenvalue weighted by atomic mass is 35.5. The second-order valence-corrected chi connectivity index (χ2v) is 4.93. The van der Waals surface area contributed by atoms with Gasteiger partial charge in [0.1, 0.15) is 5.82 Å². The van der Waals surface area contributed by atoms with Crippen molar-refractivity contribution in [2.45, 2.75) is 25.4 Å². The molecule has 1 saturated heterocycles. The molecule has 1 aromatic carbocycles. The van der Waals surface area contributed by atoms with Crippen LogP contribution in [0.3, 0.4) is 0 Å². The number of hydrogen-bond donors (Lipinski definition) is 1. The number of likely N-dealkylation sites (N-methyl/N-ethyl adjacent to an activating group) is 1. The van der Waals surface area contributed by atoms with Crippen LogP contribution in [0.25, 0.3) is 0 Å². The number of halogens is 2. The van der Waals surface area contributed by atoms with Gasteiger partial charge < -0.3 is 10.2 Å². The van der Waals surface area contributed by atoms with Gasteiger partial charge in [-0.2, -0.15) is 0 Å². The van der Waals surface area contributed by atoms with Crippen LogP contribution in [0.2, 0.25) is 5.02 Å². The van der Waals surface area contributed by atoms with Gasteiger partial charge in [0, 0.05) is 23.7 Å². The van der Waals surface area contributed by atoms with Gasteiger partial charge in [0.15, 0.2) is 0 Å². The monoisotopic (exact) mass is 242 g/mol. The van der Waals surface area contributed by atoms with Crippen molar-refractivity contribution in [1.29, 1.82) is 0 Å². The summed E-state index contributed by atoms with van der Waals surface area (Å²) in [6.45, 7) is 3.13. The number of nitrogens with one attached hydrogen (secondary N) is 1. The molecule has 2 rings (SSSR count). The van der Waals surface area contributed by atoms with Gasteiger partial charge in [-0.15, -0.1) is 0 Å². The fraction of sp³-hybridized carbons (Fsp3) is 0.500. The van der Waals surface area contributed by atoms with Crippen LogP contribution in [-0.2, 0) is 0 Å². The Labute approximate surface area is 100 Å². The molecule has 0 radical (unpaired) electrons. The Morgan fingerprint density at radius 3 is 2.81 bits per heavy atom. The molecule has 0 aliphatic carbocycles. The first-order valence-corrected chi connectivity index (χ1v) is 5.86. The molecule has 1 N–H and O–H groups in total. The van der Waals surface area contributed by atoms with Gasteiger partial charge >= 0.3 is 0 Å². The minimum Gasteiger partial charge on any atom is -0.379 e. The molecule has 0 aromatic heterocycles. The van der Waals surface area contributed by atoms with Crippen molar-refractivity contribution in [3.05, 3.63) is 29.0 Å². The summed E-state index contributed by atoms with van der Waals surface area (Å²) in [4.78, 5) is 2.27. The molecule has 2 nitrogen and oxygen atoms in total. The molecular formula is C12H16ClFN2. The van der Waals surface area contributed by atoms with E-state index in [0.29, 0.717) is 22.8 Å². The Morgan fingerprint density at radius 1 is 1.50 bits per heavy atom. The lowest BCUT2D eigenvalue weighted by molar-refractivity contribution is 0.330. The van der Waals surface area contributed by atoms with Gasteiger partial charge in [-0.1, -0.05) is 11.6 Å². The van der Waals surface area contributed by atoms with Gasteiger partial charge in [-0.25, -0.2) is 4.39 Å². The van der Waals surface area contributed by atoms with Crippen LogP contribution in [0.4, 0.5) is 10.1 Å². The number of hydrogen-bond acceptors (Lipinski definition) is 2. The molecule has 0 spiro atoms. The highest BCUT2D eigenvalue weighted by Crippen LogP contribution is 2.23. The van der Waals surface area contributed by atoms with Crippen LogP contribution in [0.15, 0.2) is 18.2 Å². The van der Waals surface area contributed by atoms with Crippen LogP contribution >= 0.6 is 11.6 Å². The molecule has 1 fully saturated rings. The summed E-state index contributed by atoms with van der Waals surface area (Å²) < 4.78 is 13.5. The summed E-state index contributed by atoms with van der Waals surface area (Å²) in [5.74, 6) is -0.283. The molecule has 88 valence electrons. The summed E-state index contributed by atoms with van der Waals surface area (Å²) in [6, 6.07) is 5.60. The third-order valence-electron chi connectivity index (χ3n) is 3.18. The molecule has 4 heteroatoms. The molecule has 2 atom stereocenters. The van der Waals surface area contributed by atoms with Crippen molar-refractivity contribution in [3.8, 4) is 0 Å². The van der Waals surface area contributed by atoms with Gasteiger partial charge in [0.25, 0.3) is 0 Å². The van der Waals surface area contributed by atoms with Crippen molar-refractivity contribution >= 4 is 17.3 Å². The van der Waals surface area contributed by atoms with Crippen LogP contribution in [0.1, 0.15) is 13.3 Å². The van der Waals surface area contributed by atoms with E-state index in [-0.39, 0.29) is 5.82 Å². The van der Waals surface area contributed by atoms with Gasteiger partial charge in [-0.05, 0) is 38.6 Å². The van der Waals surface area contributed by atoms with E-state index in [1.54, 1.807) is 12.1 Å². The SMILES string of the molecule is CC1CC(Nc2ccc(Cl)cc2F)CN1C. The van der Waals surface area contributed by atoms with E-state index in [2.05, 4.69) is 24.2 Å². The summed E-state index contributed by atoms with van der Waals surface area (Å²) >= 11 is 5.70. The average molecular weight is 243 g/mol. The lowest BCUT2D eigenvalue weighted by atomic mass is 10.2. The van der Waals surface area contributed by atoms with Crippen molar-refractivity contribution in [2.24, 2.45) is 0 Å². The van der Waals surface area contributed by atoms with E-state index in [9.17, 15) is 4.39 Å². The number of anilines is 1. The van der Waals surface area contributed by atoms with Crippen LogP contribution < -0.4 is 5.32 Å². The Morgan fingerprint density at radius 2 is 2.25 bits per heavy atom. The number of nitrogens with zero attached hydrogens (tertiary/aromatic N) is 1. The Kier molecular flexibility index (Phi) is 3.36. The maximum Gasteiger partial charge on any atom is 0.147 e. The first-order chi connectivity index (χ1) is 7.56. The van der Waals surface area contributed by atoms with Crippen molar-refractivity contribution in [3.63, 3.8) is 0 Å². The summed E-state index contributed by atoms with van der Waals surface area (Å²) in [5, 5.41) is 3.65. The lowest BCUT2D eigenvalue weighted by Crippen LogP contribution is -2.25. The van der Waals surface area contributed by atoms with E-state index in [0.717, 1.165) is 13.0 Å². The number of likely N-dealkylation sites (tertiary alicyclic amines) is 1. The first kappa shape index (κ1) is 11.7. The van der Waals surface area contributed by atoms with E-state index in [1.807, 2.05) is 0 Å². The van der Waals surface area contributed by atoms with Crippen LogP contribution in [0, 0.1) is 5.82 Å². The fourth-order valence-electron chi connectivity index (χ4n) is 2.12. The van der Waals surface area contributed by atoms with E-state index in [4.69, 9.17) is 11.6 Å². The molecule has 0 bridgehead atoms. The second kappa shape index (κ2) is 4.60. The second-order valence-electron chi connectivity index (χ2n) is 4.49. The molecule has 0 amide bonds. The van der Waals surface area contributed by atoms with Crippen LogP contribution in [-0.4, -0.2) is 30.6 Å². The van der Waals surface area contributed by atoms with Gasteiger partial charge in [-0.3, -0.25) is 0 Å². The largest absolute Gasteiger partial charge is 0.379 e.